The number of rotatable bonds is 6. The fourth-order valence-electron chi connectivity index (χ4n) is 3.57. The van der Waals surface area contributed by atoms with Gasteiger partial charge in [0.15, 0.2) is 0 Å². The predicted molar refractivity (Wildman–Crippen MR) is 82.8 cm³/mol. The Balaban J connectivity index is 1.98. The zero-order chi connectivity index (χ0) is 14.4. The minimum Gasteiger partial charge on any atom is -0.390 e. The van der Waals surface area contributed by atoms with Crippen molar-refractivity contribution in [2.24, 2.45) is 5.92 Å². The number of hydrogen-bond acceptors (Lipinski definition) is 2. The summed E-state index contributed by atoms with van der Waals surface area (Å²) < 4.78 is 6.04. The van der Waals surface area contributed by atoms with Crippen molar-refractivity contribution < 1.29 is 9.84 Å². The van der Waals surface area contributed by atoms with Gasteiger partial charge in [-0.15, -0.1) is 0 Å². The second-order valence-corrected chi connectivity index (χ2v) is 6.24. The first kappa shape index (κ1) is 15.5. The first-order chi connectivity index (χ1) is 9.66. The van der Waals surface area contributed by atoms with Gasteiger partial charge in [0, 0.05) is 6.61 Å². The predicted octanol–water partition coefficient (Wildman–Crippen LogP) is 3.97. The van der Waals surface area contributed by atoms with E-state index in [2.05, 4.69) is 31.2 Å². The van der Waals surface area contributed by atoms with E-state index in [1.54, 1.807) is 0 Å². The van der Waals surface area contributed by atoms with Crippen molar-refractivity contribution in [3.63, 3.8) is 0 Å². The molecular weight excluding hydrogens is 248 g/mol. The van der Waals surface area contributed by atoms with Crippen molar-refractivity contribution in [2.75, 3.05) is 6.61 Å². The molecular formula is C18H28O2. The molecule has 2 rings (SSSR count). The van der Waals surface area contributed by atoms with E-state index in [0.717, 1.165) is 25.7 Å². The van der Waals surface area contributed by atoms with Crippen LogP contribution in [-0.2, 0) is 11.2 Å². The Morgan fingerprint density at radius 1 is 1.35 bits per heavy atom. The Hall–Kier alpha value is -0.860. The lowest BCUT2D eigenvalue weighted by molar-refractivity contribution is -0.149. The third-order valence-electron chi connectivity index (χ3n) is 4.58. The molecule has 0 aliphatic heterocycles. The number of hydrogen-bond donors (Lipinski definition) is 1. The van der Waals surface area contributed by atoms with Gasteiger partial charge in [0.1, 0.15) is 0 Å². The molecule has 0 spiro atoms. The molecule has 0 aromatic heterocycles. The Morgan fingerprint density at radius 2 is 2.10 bits per heavy atom. The van der Waals surface area contributed by atoms with E-state index in [0.29, 0.717) is 12.5 Å². The van der Waals surface area contributed by atoms with E-state index in [4.69, 9.17) is 4.74 Å². The van der Waals surface area contributed by atoms with E-state index in [1.165, 1.54) is 18.4 Å². The summed E-state index contributed by atoms with van der Waals surface area (Å²) in [5, 5.41) is 10.7. The van der Waals surface area contributed by atoms with Gasteiger partial charge in [-0.3, -0.25) is 0 Å². The Bertz CT molecular complexity index is 386. The third kappa shape index (κ3) is 3.83. The molecule has 1 N–H and O–H groups in total. The van der Waals surface area contributed by atoms with Crippen LogP contribution in [-0.4, -0.2) is 23.4 Å². The van der Waals surface area contributed by atoms with Crippen LogP contribution in [0, 0.1) is 5.92 Å². The number of aliphatic hydroxyl groups excluding tert-OH is 1. The van der Waals surface area contributed by atoms with Crippen molar-refractivity contribution in [3.8, 4) is 0 Å². The van der Waals surface area contributed by atoms with Crippen LogP contribution in [0.2, 0.25) is 0 Å². The summed E-state index contributed by atoms with van der Waals surface area (Å²) in [4.78, 5) is 0. The second kappa shape index (κ2) is 7.24. The number of benzene rings is 1. The van der Waals surface area contributed by atoms with Gasteiger partial charge in [0.2, 0.25) is 0 Å². The molecule has 1 fully saturated rings. The fraction of sp³-hybridized carbons (Fsp3) is 0.667. The Labute approximate surface area is 123 Å². The molecule has 3 unspecified atom stereocenters. The number of aryl methyl sites for hydroxylation is 1. The second-order valence-electron chi connectivity index (χ2n) is 6.24. The summed E-state index contributed by atoms with van der Waals surface area (Å²) >= 11 is 0. The lowest BCUT2D eigenvalue weighted by Gasteiger charge is -2.43. The molecule has 0 heterocycles. The number of aliphatic hydroxyl groups is 1. The molecule has 1 aromatic rings. The van der Waals surface area contributed by atoms with E-state index >= 15 is 0 Å². The summed E-state index contributed by atoms with van der Waals surface area (Å²) in [6.07, 6.45) is 5.79. The molecule has 1 aromatic carbocycles. The highest BCUT2D eigenvalue weighted by molar-refractivity contribution is 5.15. The molecule has 2 nitrogen and oxygen atoms in total. The highest BCUT2D eigenvalue weighted by atomic mass is 16.5. The normalized spacial score (nSPS) is 28.2. The van der Waals surface area contributed by atoms with Gasteiger partial charge in [-0.05, 0) is 44.1 Å². The van der Waals surface area contributed by atoms with Gasteiger partial charge in [-0.2, -0.15) is 0 Å². The summed E-state index contributed by atoms with van der Waals surface area (Å²) in [7, 11) is 0. The standard InChI is InChI=1S/C18H28O2/c1-3-20-18(13-7-8-15(2)14-18)17(19)12-11-16-9-5-4-6-10-16/h4-6,9-10,15,17,19H,3,7-8,11-14H2,1-2H3. The molecule has 0 amide bonds. The van der Waals surface area contributed by atoms with Crippen molar-refractivity contribution in [2.45, 2.75) is 64.1 Å². The van der Waals surface area contributed by atoms with Crippen LogP contribution in [0.3, 0.4) is 0 Å². The summed E-state index contributed by atoms with van der Waals surface area (Å²) in [6, 6.07) is 10.4. The van der Waals surface area contributed by atoms with Gasteiger partial charge < -0.3 is 9.84 Å². The monoisotopic (exact) mass is 276 g/mol. The third-order valence-corrected chi connectivity index (χ3v) is 4.58. The smallest absolute Gasteiger partial charge is 0.0942 e. The lowest BCUT2D eigenvalue weighted by atomic mass is 9.74. The lowest BCUT2D eigenvalue weighted by Crippen LogP contribution is -2.48. The SMILES string of the molecule is CCOC1(C(O)CCc2ccccc2)CCCC(C)C1. The van der Waals surface area contributed by atoms with Crippen molar-refractivity contribution in [3.05, 3.63) is 35.9 Å². The topological polar surface area (TPSA) is 29.5 Å². The van der Waals surface area contributed by atoms with Gasteiger partial charge >= 0.3 is 0 Å². The van der Waals surface area contributed by atoms with Crippen LogP contribution < -0.4 is 0 Å². The van der Waals surface area contributed by atoms with Crippen LogP contribution in [0.25, 0.3) is 0 Å². The molecule has 2 heteroatoms. The van der Waals surface area contributed by atoms with Crippen LogP contribution in [0.5, 0.6) is 0 Å². The first-order valence-electron chi connectivity index (χ1n) is 8.02. The van der Waals surface area contributed by atoms with Gasteiger partial charge in [0.05, 0.1) is 11.7 Å². The zero-order valence-electron chi connectivity index (χ0n) is 12.8. The fourth-order valence-corrected chi connectivity index (χ4v) is 3.57. The van der Waals surface area contributed by atoms with Crippen molar-refractivity contribution in [1.82, 2.24) is 0 Å². The van der Waals surface area contributed by atoms with Crippen LogP contribution >= 0.6 is 0 Å². The average molecular weight is 276 g/mol. The highest BCUT2D eigenvalue weighted by Gasteiger charge is 2.41. The molecule has 0 saturated heterocycles. The molecule has 3 atom stereocenters. The molecule has 20 heavy (non-hydrogen) atoms. The molecule has 1 aliphatic rings. The van der Waals surface area contributed by atoms with E-state index in [-0.39, 0.29) is 11.7 Å². The molecule has 0 radical (unpaired) electrons. The van der Waals surface area contributed by atoms with Crippen LogP contribution in [0.1, 0.15) is 51.5 Å². The number of ether oxygens (including phenoxy) is 1. The minimum atomic E-state index is -0.356. The summed E-state index contributed by atoms with van der Waals surface area (Å²) in [5.41, 5.74) is 0.989. The Morgan fingerprint density at radius 3 is 2.75 bits per heavy atom. The quantitative estimate of drug-likeness (QED) is 0.852. The van der Waals surface area contributed by atoms with Crippen LogP contribution in [0.4, 0.5) is 0 Å². The molecule has 0 bridgehead atoms. The van der Waals surface area contributed by atoms with Gasteiger partial charge in [-0.1, -0.05) is 50.1 Å². The summed E-state index contributed by atoms with van der Waals surface area (Å²) in [5.74, 6) is 0.654. The largest absolute Gasteiger partial charge is 0.390 e. The maximum absolute atomic E-state index is 10.7. The minimum absolute atomic E-state index is 0.304. The maximum Gasteiger partial charge on any atom is 0.0942 e. The zero-order valence-corrected chi connectivity index (χ0v) is 12.8. The van der Waals surface area contributed by atoms with Crippen molar-refractivity contribution >= 4 is 0 Å². The van der Waals surface area contributed by atoms with Gasteiger partial charge in [0.25, 0.3) is 0 Å². The molecule has 112 valence electrons. The average Bonchev–Trinajstić information content (AvgIpc) is 2.46. The molecule has 1 aliphatic carbocycles. The van der Waals surface area contributed by atoms with E-state index < -0.39 is 0 Å². The first-order valence-corrected chi connectivity index (χ1v) is 8.02. The van der Waals surface area contributed by atoms with E-state index in [1.807, 2.05) is 13.0 Å². The van der Waals surface area contributed by atoms with Crippen LogP contribution in [0.15, 0.2) is 30.3 Å². The highest BCUT2D eigenvalue weighted by Crippen LogP contribution is 2.39. The van der Waals surface area contributed by atoms with E-state index in [9.17, 15) is 5.11 Å². The summed E-state index contributed by atoms with van der Waals surface area (Å²) in [6.45, 7) is 5.00. The van der Waals surface area contributed by atoms with Gasteiger partial charge in [-0.25, -0.2) is 0 Å². The maximum atomic E-state index is 10.7. The molecule has 1 saturated carbocycles. The Kier molecular flexibility index (Phi) is 5.62. The van der Waals surface area contributed by atoms with Crippen molar-refractivity contribution in [1.29, 1.82) is 0 Å².